The lowest BCUT2D eigenvalue weighted by atomic mass is 10.2. The zero-order chi connectivity index (χ0) is 16.9. The van der Waals surface area contributed by atoms with Crippen molar-refractivity contribution in [3.63, 3.8) is 0 Å². The molecule has 5 nitrogen and oxygen atoms in total. The van der Waals surface area contributed by atoms with Gasteiger partial charge in [-0.15, -0.1) is 0 Å². The smallest absolute Gasteiger partial charge is 0.287 e. The third-order valence-corrected chi connectivity index (χ3v) is 3.81. The van der Waals surface area contributed by atoms with E-state index in [4.69, 9.17) is 16.0 Å². The maximum Gasteiger partial charge on any atom is 0.287 e. The van der Waals surface area contributed by atoms with Crippen LogP contribution in [-0.2, 0) is 6.42 Å². The first-order valence-electron chi connectivity index (χ1n) is 7.54. The average Bonchev–Trinajstić information content (AvgIpc) is 3.06. The fourth-order valence-corrected chi connectivity index (χ4v) is 2.59. The number of halogens is 1. The summed E-state index contributed by atoms with van der Waals surface area (Å²) in [5.41, 5.74) is 1.58. The molecule has 2 heterocycles. The van der Waals surface area contributed by atoms with E-state index in [-0.39, 0.29) is 17.7 Å². The van der Waals surface area contributed by atoms with Crippen molar-refractivity contribution in [2.24, 2.45) is 0 Å². The van der Waals surface area contributed by atoms with Gasteiger partial charge in [-0.05, 0) is 31.2 Å². The van der Waals surface area contributed by atoms with Crippen molar-refractivity contribution in [1.82, 2.24) is 15.3 Å². The molecule has 1 amide bonds. The lowest BCUT2D eigenvalue weighted by Gasteiger charge is -2.12. The Bertz CT molecular complexity index is 833. The Morgan fingerprint density at radius 3 is 2.83 bits per heavy atom. The molecule has 0 aliphatic rings. The van der Waals surface area contributed by atoms with Crippen LogP contribution in [0.15, 0.2) is 59.4 Å². The summed E-state index contributed by atoms with van der Waals surface area (Å²) in [5, 5.41) is 3.47. The Balaban J connectivity index is 1.67. The molecule has 24 heavy (non-hydrogen) atoms. The molecule has 0 saturated carbocycles. The first-order chi connectivity index (χ1) is 11.6. The maximum absolute atomic E-state index is 12.3. The molecule has 1 atom stereocenters. The molecule has 0 fully saturated rings. The van der Waals surface area contributed by atoms with Gasteiger partial charge >= 0.3 is 0 Å². The zero-order valence-electron chi connectivity index (χ0n) is 13.1. The molecule has 3 aromatic rings. The van der Waals surface area contributed by atoms with Gasteiger partial charge in [0.1, 0.15) is 5.76 Å². The summed E-state index contributed by atoms with van der Waals surface area (Å²) >= 11 is 6.15. The second-order valence-electron chi connectivity index (χ2n) is 5.42. The Morgan fingerprint density at radius 2 is 2.08 bits per heavy atom. The number of benzene rings is 1. The van der Waals surface area contributed by atoms with Gasteiger partial charge in [0.2, 0.25) is 0 Å². The van der Waals surface area contributed by atoms with Gasteiger partial charge in [0, 0.05) is 36.6 Å². The van der Waals surface area contributed by atoms with E-state index >= 15 is 0 Å². The molecule has 0 aliphatic heterocycles. The molecule has 122 valence electrons. The summed E-state index contributed by atoms with van der Waals surface area (Å²) in [7, 11) is 0. The molecule has 0 aliphatic carbocycles. The molecule has 0 radical (unpaired) electrons. The number of nitrogens with zero attached hydrogens (tertiary/aromatic N) is 2. The van der Waals surface area contributed by atoms with Crippen LogP contribution < -0.4 is 5.32 Å². The van der Waals surface area contributed by atoms with E-state index < -0.39 is 0 Å². The fourth-order valence-electron chi connectivity index (χ4n) is 2.36. The summed E-state index contributed by atoms with van der Waals surface area (Å²) in [4.78, 5) is 20.5. The first kappa shape index (κ1) is 16.2. The summed E-state index contributed by atoms with van der Waals surface area (Å²) in [6.07, 6.45) is 5.53. The van der Waals surface area contributed by atoms with E-state index in [1.807, 2.05) is 25.1 Å². The van der Waals surface area contributed by atoms with E-state index in [0.717, 1.165) is 11.3 Å². The molecule has 2 aromatic heterocycles. The molecule has 0 saturated heterocycles. The second-order valence-corrected chi connectivity index (χ2v) is 5.83. The van der Waals surface area contributed by atoms with Crippen molar-refractivity contribution in [3.8, 4) is 11.3 Å². The molecular weight excluding hydrogens is 326 g/mol. The third-order valence-electron chi connectivity index (χ3n) is 3.48. The van der Waals surface area contributed by atoms with Gasteiger partial charge in [-0.3, -0.25) is 14.8 Å². The number of amides is 1. The van der Waals surface area contributed by atoms with Crippen molar-refractivity contribution in [2.75, 3.05) is 0 Å². The number of hydrogen-bond donors (Lipinski definition) is 1. The quantitative estimate of drug-likeness (QED) is 0.767. The fraction of sp³-hybridized carbons (Fsp3) is 0.167. The standard InChI is InChI=1S/C18H16ClN3O2/c1-12(10-13-11-20-8-9-21-13)22-18(23)17-7-6-16(24-17)14-4-2-3-5-15(14)19/h2-9,11-12H,10H2,1H3,(H,22,23)/t12-/m1/s1. The van der Waals surface area contributed by atoms with Crippen molar-refractivity contribution < 1.29 is 9.21 Å². The summed E-state index contributed by atoms with van der Waals surface area (Å²) in [5.74, 6) is 0.535. The van der Waals surface area contributed by atoms with Gasteiger partial charge in [-0.25, -0.2) is 0 Å². The summed E-state index contributed by atoms with van der Waals surface area (Å²) < 4.78 is 5.64. The Morgan fingerprint density at radius 1 is 1.25 bits per heavy atom. The van der Waals surface area contributed by atoms with Crippen LogP contribution >= 0.6 is 11.6 Å². The largest absolute Gasteiger partial charge is 0.451 e. The van der Waals surface area contributed by atoms with Crippen molar-refractivity contribution in [1.29, 1.82) is 0 Å². The van der Waals surface area contributed by atoms with Gasteiger partial charge in [0.05, 0.1) is 10.7 Å². The van der Waals surface area contributed by atoms with Crippen LogP contribution in [0.2, 0.25) is 5.02 Å². The lowest BCUT2D eigenvalue weighted by molar-refractivity contribution is 0.0913. The minimum atomic E-state index is -0.273. The Hall–Kier alpha value is -2.66. The van der Waals surface area contributed by atoms with Crippen LogP contribution in [-0.4, -0.2) is 21.9 Å². The third kappa shape index (κ3) is 3.81. The first-order valence-corrected chi connectivity index (χ1v) is 7.92. The highest BCUT2D eigenvalue weighted by atomic mass is 35.5. The summed E-state index contributed by atoms with van der Waals surface area (Å²) in [6, 6.07) is 10.6. The zero-order valence-corrected chi connectivity index (χ0v) is 13.8. The van der Waals surface area contributed by atoms with Crippen LogP contribution in [0.25, 0.3) is 11.3 Å². The van der Waals surface area contributed by atoms with Crippen LogP contribution in [0.5, 0.6) is 0 Å². The predicted molar refractivity (Wildman–Crippen MR) is 91.8 cm³/mol. The van der Waals surface area contributed by atoms with Gasteiger partial charge in [0.15, 0.2) is 5.76 Å². The van der Waals surface area contributed by atoms with Gasteiger partial charge < -0.3 is 9.73 Å². The molecular formula is C18H16ClN3O2. The Kier molecular flexibility index (Phi) is 4.91. The highest BCUT2D eigenvalue weighted by Gasteiger charge is 2.16. The minimum Gasteiger partial charge on any atom is -0.451 e. The van der Waals surface area contributed by atoms with E-state index in [2.05, 4.69) is 15.3 Å². The topological polar surface area (TPSA) is 68.0 Å². The Labute approximate surface area is 144 Å². The molecule has 0 unspecified atom stereocenters. The van der Waals surface area contributed by atoms with E-state index in [9.17, 15) is 4.79 Å². The van der Waals surface area contributed by atoms with Gasteiger partial charge in [-0.1, -0.05) is 23.7 Å². The number of carbonyl (C=O) groups excluding carboxylic acids is 1. The van der Waals surface area contributed by atoms with E-state index in [0.29, 0.717) is 17.2 Å². The molecule has 3 rings (SSSR count). The molecule has 1 aromatic carbocycles. The maximum atomic E-state index is 12.3. The number of furan rings is 1. The lowest BCUT2D eigenvalue weighted by Crippen LogP contribution is -2.34. The van der Waals surface area contributed by atoms with Crippen molar-refractivity contribution in [3.05, 3.63) is 71.5 Å². The number of hydrogen-bond acceptors (Lipinski definition) is 4. The molecule has 1 N–H and O–H groups in total. The molecule has 6 heteroatoms. The van der Waals surface area contributed by atoms with E-state index in [1.165, 1.54) is 0 Å². The van der Waals surface area contributed by atoms with E-state index in [1.54, 1.807) is 36.8 Å². The number of rotatable bonds is 5. The average molecular weight is 342 g/mol. The number of nitrogens with one attached hydrogen (secondary N) is 1. The van der Waals surface area contributed by atoms with Crippen LogP contribution in [0, 0.1) is 0 Å². The van der Waals surface area contributed by atoms with Gasteiger partial charge in [-0.2, -0.15) is 0 Å². The SMILES string of the molecule is C[C@H](Cc1cnccn1)NC(=O)c1ccc(-c2ccccc2Cl)o1. The number of aromatic nitrogens is 2. The highest BCUT2D eigenvalue weighted by Crippen LogP contribution is 2.29. The van der Waals surface area contributed by atoms with Crippen LogP contribution in [0.1, 0.15) is 23.2 Å². The second kappa shape index (κ2) is 7.27. The molecule has 0 bridgehead atoms. The highest BCUT2D eigenvalue weighted by molar-refractivity contribution is 6.33. The van der Waals surface area contributed by atoms with Crippen molar-refractivity contribution >= 4 is 17.5 Å². The normalized spacial score (nSPS) is 11.9. The van der Waals surface area contributed by atoms with Crippen molar-refractivity contribution in [2.45, 2.75) is 19.4 Å². The van der Waals surface area contributed by atoms with Crippen LogP contribution in [0.4, 0.5) is 0 Å². The number of carbonyl (C=O) groups is 1. The minimum absolute atomic E-state index is 0.0944. The summed E-state index contributed by atoms with van der Waals surface area (Å²) in [6.45, 7) is 1.91. The predicted octanol–water partition coefficient (Wildman–Crippen LogP) is 3.75. The molecule has 0 spiro atoms. The monoisotopic (exact) mass is 341 g/mol. The van der Waals surface area contributed by atoms with Gasteiger partial charge in [0.25, 0.3) is 5.91 Å². The van der Waals surface area contributed by atoms with Crippen LogP contribution in [0.3, 0.4) is 0 Å².